The molecule has 0 amide bonds. The van der Waals surface area contributed by atoms with Gasteiger partial charge >= 0.3 is 0 Å². The van der Waals surface area contributed by atoms with Gasteiger partial charge in [-0.2, -0.15) is 0 Å². The van der Waals surface area contributed by atoms with Gasteiger partial charge in [0.05, 0.1) is 0 Å². The molecule has 0 aliphatic carbocycles. The van der Waals surface area contributed by atoms with Crippen LogP contribution >= 0.6 is 0 Å². The highest BCUT2D eigenvalue weighted by Crippen LogP contribution is 2.07. The van der Waals surface area contributed by atoms with E-state index in [0.29, 0.717) is 6.54 Å². The number of benzene rings is 1. The van der Waals surface area contributed by atoms with Gasteiger partial charge in [0.2, 0.25) is 0 Å². The van der Waals surface area contributed by atoms with Crippen molar-refractivity contribution < 1.29 is 5.21 Å². The first kappa shape index (κ1) is 9.96. The van der Waals surface area contributed by atoms with E-state index >= 15 is 0 Å². The smallest absolute Gasteiger partial charge is 0.0244 e. The van der Waals surface area contributed by atoms with E-state index in [1.807, 2.05) is 18.2 Å². The van der Waals surface area contributed by atoms with Gasteiger partial charge < -0.3 is 5.21 Å². The Hall–Kier alpha value is -1.12. The Balaban J connectivity index is 2.55. The van der Waals surface area contributed by atoms with Crippen LogP contribution in [0.15, 0.2) is 35.9 Å². The maximum Gasteiger partial charge on any atom is 0.0244 e. The van der Waals surface area contributed by atoms with Crippen molar-refractivity contribution in [2.24, 2.45) is 0 Å². The molecule has 70 valence electrons. The zero-order valence-electron chi connectivity index (χ0n) is 7.83. The predicted octanol–water partition coefficient (Wildman–Crippen LogP) is 2.46. The zero-order chi connectivity index (χ0) is 9.52. The van der Waals surface area contributed by atoms with Gasteiger partial charge in [0.15, 0.2) is 0 Å². The molecule has 2 N–H and O–H groups in total. The second-order valence-corrected chi connectivity index (χ2v) is 3.06. The molecule has 0 radical (unpaired) electrons. The van der Waals surface area contributed by atoms with Crippen LogP contribution in [0.3, 0.4) is 0 Å². The third kappa shape index (κ3) is 3.87. The number of hydrogen-bond donors (Lipinski definition) is 2. The van der Waals surface area contributed by atoms with Crippen molar-refractivity contribution in [3.05, 3.63) is 41.5 Å². The van der Waals surface area contributed by atoms with Crippen LogP contribution in [0.1, 0.15) is 18.9 Å². The summed E-state index contributed by atoms with van der Waals surface area (Å²) in [6.45, 7) is 2.67. The quantitative estimate of drug-likeness (QED) is 0.692. The summed E-state index contributed by atoms with van der Waals surface area (Å²) in [7, 11) is 0. The fourth-order valence-corrected chi connectivity index (χ4v) is 1.16. The summed E-state index contributed by atoms with van der Waals surface area (Å²) in [6, 6.07) is 10.2. The van der Waals surface area contributed by atoms with Crippen LogP contribution in [0.4, 0.5) is 0 Å². The summed E-state index contributed by atoms with van der Waals surface area (Å²) in [4.78, 5) is 0. The molecule has 0 unspecified atom stereocenters. The van der Waals surface area contributed by atoms with Crippen LogP contribution < -0.4 is 5.48 Å². The van der Waals surface area contributed by atoms with E-state index in [-0.39, 0.29) is 0 Å². The minimum atomic E-state index is 0.606. The molecule has 0 heterocycles. The Labute approximate surface area is 78.9 Å². The largest absolute Gasteiger partial charge is 0.317 e. The van der Waals surface area contributed by atoms with E-state index in [9.17, 15) is 0 Å². The molecule has 0 fully saturated rings. The molecule has 2 heteroatoms. The summed E-state index contributed by atoms with van der Waals surface area (Å²) >= 11 is 0. The highest BCUT2D eigenvalue weighted by Gasteiger charge is 1.90. The lowest BCUT2D eigenvalue weighted by Gasteiger charge is -1.99. The molecule has 13 heavy (non-hydrogen) atoms. The summed E-state index contributed by atoms with van der Waals surface area (Å²) < 4.78 is 0. The Bertz CT molecular complexity index is 267. The van der Waals surface area contributed by atoms with Crippen molar-refractivity contribution in [3.8, 4) is 0 Å². The molecule has 1 aromatic rings. The van der Waals surface area contributed by atoms with Crippen molar-refractivity contribution in [3.63, 3.8) is 0 Å². The predicted molar refractivity (Wildman–Crippen MR) is 54.5 cm³/mol. The molecule has 2 nitrogen and oxygen atoms in total. The third-order valence-electron chi connectivity index (χ3n) is 1.84. The average molecular weight is 177 g/mol. The van der Waals surface area contributed by atoms with Gasteiger partial charge in [0.25, 0.3) is 0 Å². The molecule has 0 saturated carbocycles. The molecule has 0 aliphatic rings. The number of nitrogens with one attached hydrogen (secondary N) is 1. The van der Waals surface area contributed by atoms with Crippen molar-refractivity contribution in [2.75, 3.05) is 6.54 Å². The fraction of sp³-hybridized carbons (Fsp3) is 0.273. The molecule has 1 rings (SSSR count). The van der Waals surface area contributed by atoms with Crippen LogP contribution in [0.25, 0.3) is 6.08 Å². The molecular formula is C11H15NO. The topological polar surface area (TPSA) is 32.3 Å². The Morgan fingerprint density at radius 2 is 2.08 bits per heavy atom. The first-order valence-corrected chi connectivity index (χ1v) is 4.42. The van der Waals surface area contributed by atoms with Gasteiger partial charge in [-0.05, 0) is 18.9 Å². The van der Waals surface area contributed by atoms with Crippen LogP contribution in [-0.4, -0.2) is 11.8 Å². The molecule has 0 atom stereocenters. The highest BCUT2D eigenvalue weighted by molar-refractivity contribution is 5.51. The van der Waals surface area contributed by atoms with Gasteiger partial charge in [0.1, 0.15) is 0 Å². The maximum atomic E-state index is 8.40. The average Bonchev–Trinajstić information content (AvgIpc) is 2.16. The van der Waals surface area contributed by atoms with E-state index in [1.54, 1.807) is 0 Å². The summed E-state index contributed by atoms with van der Waals surface area (Å²) in [5.74, 6) is 0. The van der Waals surface area contributed by atoms with Crippen molar-refractivity contribution >= 4 is 6.08 Å². The molecule has 0 saturated heterocycles. The Morgan fingerprint density at radius 1 is 1.38 bits per heavy atom. The first-order valence-electron chi connectivity index (χ1n) is 4.42. The number of hydroxylamine groups is 1. The normalized spacial score (nSPS) is 11.7. The lowest BCUT2D eigenvalue weighted by molar-refractivity contribution is 0.168. The van der Waals surface area contributed by atoms with Crippen LogP contribution in [0.5, 0.6) is 0 Å². The van der Waals surface area contributed by atoms with Gasteiger partial charge in [-0.25, -0.2) is 5.48 Å². The van der Waals surface area contributed by atoms with Gasteiger partial charge in [-0.1, -0.05) is 42.0 Å². The highest BCUT2D eigenvalue weighted by atomic mass is 16.5. The Morgan fingerprint density at radius 3 is 2.69 bits per heavy atom. The second-order valence-electron chi connectivity index (χ2n) is 3.06. The molecule has 0 aromatic heterocycles. The zero-order valence-corrected chi connectivity index (χ0v) is 7.83. The lowest BCUT2D eigenvalue weighted by Crippen LogP contribution is -2.08. The van der Waals surface area contributed by atoms with Gasteiger partial charge in [-0.3, -0.25) is 0 Å². The van der Waals surface area contributed by atoms with Gasteiger partial charge in [0, 0.05) is 6.54 Å². The second kappa shape index (κ2) is 5.51. The maximum absolute atomic E-state index is 8.40. The van der Waals surface area contributed by atoms with E-state index in [2.05, 4.69) is 30.6 Å². The monoisotopic (exact) mass is 177 g/mol. The van der Waals surface area contributed by atoms with Crippen LogP contribution in [-0.2, 0) is 0 Å². The summed E-state index contributed by atoms with van der Waals surface area (Å²) in [5, 5.41) is 8.40. The molecule has 1 aromatic carbocycles. The van der Waals surface area contributed by atoms with E-state index in [0.717, 1.165) is 6.42 Å². The minimum Gasteiger partial charge on any atom is -0.317 e. The minimum absolute atomic E-state index is 0.606. The summed E-state index contributed by atoms with van der Waals surface area (Å²) in [5.41, 5.74) is 4.61. The van der Waals surface area contributed by atoms with Crippen LogP contribution in [0, 0.1) is 0 Å². The fourth-order valence-electron chi connectivity index (χ4n) is 1.16. The van der Waals surface area contributed by atoms with Crippen molar-refractivity contribution in [1.82, 2.24) is 5.48 Å². The standard InChI is InChI=1S/C11H15NO/c1-10(7-8-12-13)9-11-5-3-2-4-6-11/h2-6,9,12-13H,7-8H2,1H3/b10-9+. The third-order valence-corrected chi connectivity index (χ3v) is 1.84. The first-order chi connectivity index (χ1) is 6.33. The van der Waals surface area contributed by atoms with Crippen molar-refractivity contribution in [2.45, 2.75) is 13.3 Å². The number of rotatable bonds is 4. The molecular weight excluding hydrogens is 162 g/mol. The number of hydrogen-bond acceptors (Lipinski definition) is 2. The molecule has 0 bridgehead atoms. The Kier molecular flexibility index (Phi) is 4.23. The summed E-state index contributed by atoms with van der Waals surface area (Å²) in [6.07, 6.45) is 2.99. The van der Waals surface area contributed by atoms with Gasteiger partial charge in [-0.15, -0.1) is 0 Å². The van der Waals surface area contributed by atoms with E-state index in [1.165, 1.54) is 11.1 Å². The SMILES string of the molecule is C/C(=C\c1ccccc1)CCNO. The lowest BCUT2D eigenvalue weighted by atomic mass is 10.1. The molecule has 0 spiro atoms. The van der Waals surface area contributed by atoms with Crippen LogP contribution in [0.2, 0.25) is 0 Å². The van der Waals surface area contributed by atoms with Crippen molar-refractivity contribution in [1.29, 1.82) is 0 Å². The molecule has 0 aliphatic heterocycles. The van der Waals surface area contributed by atoms with E-state index in [4.69, 9.17) is 5.21 Å². The van der Waals surface area contributed by atoms with E-state index < -0.39 is 0 Å².